The molecule has 3 nitrogen and oxygen atoms in total. The average Bonchev–Trinajstić information content (AvgIpc) is 1.65. The molecule has 0 bridgehead atoms. The standard InChI is InChI=1S/C4H11NO2.ClH/c1-3-4(6)5(2)7;/h4,6-7H,3H2,1-2H3;1H. The van der Waals surface area contributed by atoms with Gasteiger partial charge in [-0.3, -0.25) is 0 Å². The van der Waals surface area contributed by atoms with E-state index in [0.717, 1.165) is 5.06 Å². The predicted molar refractivity (Wildman–Crippen MR) is 33.1 cm³/mol. The molecule has 0 aromatic rings. The van der Waals surface area contributed by atoms with E-state index in [1.807, 2.05) is 0 Å². The topological polar surface area (TPSA) is 43.7 Å². The lowest BCUT2D eigenvalue weighted by Crippen LogP contribution is -2.26. The smallest absolute Gasteiger partial charge is 0.129 e. The second-order valence-electron chi connectivity index (χ2n) is 1.46. The Kier molecular flexibility index (Phi) is 7.32. The van der Waals surface area contributed by atoms with Gasteiger partial charge in [-0.05, 0) is 6.42 Å². The van der Waals surface area contributed by atoms with Crippen molar-refractivity contribution in [2.45, 2.75) is 19.6 Å². The van der Waals surface area contributed by atoms with Crippen LogP contribution in [0.4, 0.5) is 0 Å². The average molecular weight is 142 g/mol. The maximum atomic E-state index is 8.61. The van der Waals surface area contributed by atoms with Crippen LogP contribution in [-0.4, -0.2) is 28.7 Å². The highest BCUT2D eigenvalue weighted by Crippen LogP contribution is 1.89. The summed E-state index contributed by atoms with van der Waals surface area (Å²) in [5.74, 6) is 0. The molecular formula is C4H12ClNO2. The fourth-order valence-electron chi connectivity index (χ4n) is 0.264. The maximum absolute atomic E-state index is 8.61. The van der Waals surface area contributed by atoms with Crippen molar-refractivity contribution in [2.24, 2.45) is 0 Å². The zero-order valence-corrected chi connectivity index (χ0v) is 5.85. The molecule has 0 saturated heterocycles. The van der Waals surface area contributed by atoms with Gasteiger partial charge < -0.3 is 10.3 Å². The maximum Gasteiger partial charge on any atom is 0.129 e. The summed E-state index contributed by atoms with van der Waals surface area (Å²) in [7, 11) is 1.41. The summed E-state index contributed by atoms with van der Waals surface area (Å²) < 4.78 is 0. The predicted octanol–water partition coefficient (Wildman–Crippen LogP) is 0.458. The van der Waals surface area contributed by atoms with Crippen molar-refractivity contribution < 1.29 is 10.3 Å². The monoisotopic (exact) mass is 141 g/mol. The van der Waals surface area contributed by atoms with Gasteiger partial charge in [0.2, 0.25) is 0 Å². The normalized spacial score (nSPS) is 13.1. The van der Waals surface area contributed by atoms with Gasteiger partial charge in [-0.25, -0.2) is 0 Å². The van der Waals surface area contributed by atoms with Crippen molar-refractivity contribution in [2.75, 3.05) is 7.05 Å². The van der Waals surface area contributed by atoms with Crippen LogP contribution in [0.1, 0.15) is 13.3 Å². The molecule has 52 valence electrons. The molecule has 0 aliphatic rings. The van der Waals surface area contributed by atoms with Gasteiger partial charge in [0.15, 0.2) is 0 Å². The molecule has 0 amide bonds. The van der Waals surface area contributed by atoms with Gasteiger partial charge >= 0.3 is 0 Å². The molecular weight excluding hydrogens is 130 g/mol. The van der Waals surface area contributed by atoms with Crippen LogP contribution in [-0.2, 0) is 0 Å². The summed E-state index contributed by atoms with van der Waals surface area (Å²) in [6.07, 6.45) is -0.160. The first-order valence-electron chi connectivity index (χ1n) is 2.28. The van der Waals surface area contributed by atoms with Gasteiger partial charge in [-0.2, -0.15) is 5.06 Å². The highest BCUT2D eigenvalue weighted by Gasteiger charge is 2.01. The van der Waals surface area contributed by atoms with Crippen molar-refractivity contribution >= 4 is 12.4 Å². The SMILES string of the molecule is CCC(O)N(C)O.Cl. The van der Waals surface area contributed by atoms with E-state index in [4.69, 9.17) is 10.3 Å². The number of nitrogens with zero attached hydrogens (tertiary/aromatic N) is 1. The number of aliphatic hydroxyl groups is 1. The fourth-order valence-corrected chi connectivity index (χ4v) is 0.264. The van der Waals surface area contributed by atoms with Crippen molar-refractivity contribution in [3.8, 4) is 0 Å². The van der Waals surface area contributed by atoms with Crippen LogP contribution in [0.3, 0.4) is 0 Å². The number of halogens is 1. The van der Waals surface area contributed by atoms with Crippen LogP contribution in [0.5, 0.6) is 0 Å². The van der Waals surface area contributed by atoms with Crippen LogP contribution in [0, 0.1) is 0 Å². The molecule has 2 N–H and O–H groups in total. The summed E-state index contributed by atoms with van der Waals surface area (Å²) in [5.41, 5.74) is 0. The summed E-state index contributed by atoms with van der Waals surface area (Å²) in [6.45, 7) is 1.79. The molecule has 0 aliphatic carbocycles. The van der Waals surface area contributed by atoms with Crippen molar-refractivity contribution in [3.63, 3.8) is 0 Å². The molecule has 0 rings (SSSR count). The molecule has 0 spiro atoms. The molecule has 4 heteroatoms. The zero-order chi connectivity index (χ0) is 5.86. The molecule has 0 aromatic heterocycles. The summed E-state index contributed by atoms with van der Waals surface area (Å²) in [4.78, 5) is 0. The zero-order valence-electron chi connectivity index (χ0n) is 5.03. The lowest BCUT2D eigenvalue weighted by Gasteiger charge is -2.12. The first-order chi connectivity index (χ1) is 3.18. The van der Waals surface area contributed by atoms with E-state index in [1.165, 1.54) is 7.05 Å². The molecule has 8 heavy (non-hydrogen) atoms. The number of aliphatic hydroxyl groups excluding tert-OH is 1. The van der Waals surface area contributed by atoms with Gasteiger partial charge in [0.25, 0.3) is 0 Å². The quantitative estimate of drug-likeness (QED) is 0.434. The number of hydrogen-bond donors (Lipinski definition) is 2. The van der Waals surface area contributed by atoms with E-state index < -0.39 is 6.23 Å². The highest BCUT2D eigenvalue weighted by atomic mass is 35.5. The third-order valence-corrected chi connectivity index (χ3v) is 0.796. The van der Waals surface area contributed by atoms with Crippen molar-refractivity contribution in [1.29, 1.82) is 0 Å². The Morgan fingerprint density at radius 3 is 2.00 bits per heavy atom. The minimum Gasteiger partial charge on any atom is -0.376 e. The Morgan fingerprint density at radius 2 is 2.00 bits per heavy atom. The molecule has 0 fully saturated rings. The van der Waals surface area contributed by atoms with Crippen LogP contribution in [0.25, 0.3) is 0 Å². The number of rotatable bonds is 2. The second-order valence-corrected chi connectivity index (χ2v) is 1.46. The van der Waals surface area contributed by atoms with Gasteiger partial charge in [0.05, 0.1) is 0 Å². The lowest BCUT2D eigenvalue weighted by atomic mass is 10.4. The number of hydrogen-bond acceptors (Lipinski definition) is 3. The first kappa shape index (κ1) is 11.0. The summed E-state index contributed by atoms with van der Waals surface area (Å²) >= 11 is 0. The van der Waals surface area contributed by atoms with Crippen molar-refractivity contribution in [1.82, 2.24) is 5.06 Å². The van der Waals surface area contributed by atoms with E-state index in [0.29, 0.717) is 6.42 Å². The van der Waals surface area contributed by atoms with Gasteiger partial charge in [-0.1, -0.05) is 6.92 Å². The molecule has 1 atom stereocenters. The summed E-state index contributed by atoms with van der Waals surface area (Å²) in [6, 6.07) is 0. The van der Waals surface area contributed by atoms with E-state index in [-0.39, 0.29) is 12.4 Å². The molecule has 0 heterocycles. The second kappa shape index (κ2) is 5.31. The largest absolute Gasteiger partial charge is 0.376 e. The molecule has 0 saturated carbocycles. The van der Waals surface area contributed by atoms with E-state index in [9.17, 15) is 0 Å². The van der Waals surface area contributed by atoms with Crippen LogP contribution in [0.2, 0.25) is 0 Å². The highest BCUT2D eigenvalue weighted by molar-refractivity contribution is 5.85. The van der Waals surface area contributed by atoms with E-state index >= 15 is 0 Å². The third kappa shape index (κ3) is 4.33. The Labute approximate surface area is 55.3 Å². The Balaban J connectivity index is 0. The van der Waals surface area contributed by atoms with Gasteiger partial charge in [-0.15, -0.1) is 12.4 Å². The molecule has 0 aliphatic heterocycles. The summed E-state index contributed by atoms with van der Waals surface area (Å²) in [5, 5.41) is 17.8. The van der Waals surface area contributed by atoms with E-state index in [2.05, 4.69) is 0 Å². The fraction of sp³-hybridized carbons (Fsp3) is 1.00. The van der Waals surface area contributed by atoms with Gasteiger partial charge in [0.1, 0.15) is 6.23 Å². The van der Waals surface area contributed by atoms with Crippen LogP contribution in [0.15, 0.2) is 0 Å². The van der Waals surface area contributed by atoms with Gasteiger partial charge in [0, 0.05) is 7.05 Å². The first-order valence-corrected chi connectivity index (χ1v) is 2.28. The lowest BCUT2D eigenvalue weighted by molar-refractivity contribution is -0.177. The molecule has 0 aromatic carbocycles. The third-order valence-electron chi connectivity index (χ3n) is 0.796. The Bertz CT molecular complexity index is 51.3. The Hall–Kier alpha value is 0.170. The van der Waals surface area contributed by atoms with Crippen molar-refractivity contribution in [3.05, 3.63) is 0 Å². The van der Waals surface area contributed by atoms with Crippen LogP contribution < -0.4 is 0 Å². The Morgan fingerprint density at radius 1 is 1.62 bits per heavy atom. The minimum absolute atomic E-state index is 0. The number of hydroxylamine groups is 2. The molecule has 1 unspecified atom stereocenters. The molecule has 0 radical (unpaired) electrons. The van der Waals surface area contributed by atoms with E-state index in [1.54, 1.807) is 6.92 Å². The van der Waals surface area contributed by atoms with Crippen LogP contribution >= 0.6 is 12.4 Å². The minimum atomic E-state index is -0.708.